The summed E-state index contributed by atoms with van der Waals surface area (Å²) in [6.45, 7) is 0. The molecule has 3 N–H and O–H groups in total. The fourth-order valence-corrected chi connectivity index (χ4v) is 5.75. The summed E-state index contributed by atoms with van der Waals surface area (Å²) >= 11 is 0. The lowest BCUT2D eigenvalue weighted by atomic mass is 9.92. The van der Waals surface area contributed by atoms with Crippen molar-refractivity contribution in [1.29, 1.82) is 0 Å². The van der Waals surface area contributed by atoms with Crippen LogP contribution in [0.3, 0.4) is 0 Å². The molecule has 0 spiro atoms. The fraction of sp³-hybridized carbons (Fsp3) is 0.333. The number of aryl methyl sites for hydroxylation is 2. The van der Waals surface area contributed by atoms with Crippen LogP contribution in [0.5, 0.6) is 11.5 Å². The van der Waals surface area contributed by atoms with Crippen molar-refractivity contribution >= 4 is 21.8 Å². The summed E-state index contributed by atoms with van der Waals surface area (Å²) in [6.07, 6.45) is 3.83. The number of amides is 2. The number of carbonyl (C=O) groups excluding carboxylic acids is 2. The molecule has 0 unspecified atom stereocenters. The number of benzene rings is 2. The number of phenols is 1. The monoisotopic (exact) mass is 486 g/mol. The first-order chi connectivity index (χ1) is 16.2. The lowest BCUT2D eigenvalue weighted by Gasteiger charge is -2.29. The first-order valence-corrected chi connectivity index (χ1v) is 12.5. The number of ether oxygens (including phenoxy) is 2. The predicted molar refractivity (Wildman–Crippen MR) is 123 cm³/mol. The third-order valence-corrected chi connectivity index (χ3v) is 7.75. The van der Waals surface area contributed by atoms with E-state index in [2.05, 4.69) is 10.6 Å². The molecule has 34 heavy (non-hydrogen) atoms. The second-order valence-corrected chi connectivity index (χ2v) is 10.2. The molecule has 1 aliphatic carbocycles. The van der Waals surface area contributed by atoms with E-state index in [0.29, 0.717) is 5.56 Å². The molecule has 0 aromatic heterocycles. The summed E-state index contributed by atoms with van der Waals surface area (Å²) < 4.78 is 36.7. The number of nitrogens with one attached hydrogen (secondary N) is 2. The third-order valence-electron chi connectivity index (χ3n) is 6.11. The molecule has 2 aromatic rings. The minimum absolute atomic E-state index is 0.0450. The van der Waals surface area contributed by atoms with Crippen molar-refractivity contribution in [3.05, 3.63) is 64.4 Å². The van der Waals surface area contributed by atoms with Crippen LogP contribution in [-0.2, 0) is 32.2 Å². The molecular formula is C24H26N2O7S. The van der Waals surface area contributed by atoms with Crippen LogP contribution >= 0.6 is 0 Å². The first-order valence-electron chi connectivity index (χ1n) is 10.8. The maximum absolute atomic E-state index is 13.3. The van der Waals surface area contributed by atoms with E-state index in [1.54, 1.807) is 12.1 Å². The van der Waals surface area contributed by atoms with E-state index in [0.717, 1.165) is 36.8 Å². The van der Waals surface area contributed by atoms with Crippen molar-refractivity contribution in [3.8, 4) is 11.5 Å². The average Bonchev–Trinajstić information content (AvgIpc) is 2.83. The maximum atomic E-state index is 13.3. The maximum Gasteiger partial charge on any atom is 0.338 e. The molecule has 180 valence electrons. The highest BCUT2D eigenvalue weighted by Crippen LogP contribution is 2.34. The lowest BCUT2D eigenvalue weighted by molar-refractivity contribution is -0.136. The van der Waals surface area contributed by atoms with Gasteiger partial charge in [-0.3, -0.25) is 0 Å². The molecule has 0 fully saturated rings. The first kappa shape index (κ1) is 23.6. The summed E-state index contributed by atoms with van der Waals surface area (Å²) in [4.78, 5) is 25.4. The van der Waals surface area contributed by atoms with Crippen LogP contribution in [0.2, 0.25) is 0 Å². The van der Waals surface area contributed by atoms with Gasteiger partial charge in [-0.15, -0.1) is 0 Å². The average molecular weight is 487 g/mol. The Morgan fingerprint density at radius 1 is 1.09 bits per heavy atom. The zero-order valence-electron chi connectivity index (χ0n) is 18.9. The molecule has 2 aromatic carbocycles. The summed E-state index contributed by atoms with van der Waals surface area (Å²) in [6, 6.07) is 7.75. The molecule has 0 saturated heterocycles. The van der Waals surface area contributed by atoms with Crippen LogP contribution in [0.1, 0.15) is 35.6 Å². The number of aromatic hydroxyl groups is 1. The Hall–Kier alpha value is -3.53. The van der Waals surface area contributed by atoms with Crippen LogP contribution in [0.15, 0.2) is 52.6 Å². The van der Waals surface area contributed by atoms with Crippen LogP contribution in [0.25, 0.3) is 0 Å². The van der Waals surface area contributed by atoms with Gasteiger partial charge in [-0.25, -0.2) is 18.0 Å². The Morgan fingerprint density at radius 2 is 1.82 bits per heavy atom. The number of esters is 1. The highest BCUT2D eigenvalue weighted by molar-refractivity contribution is 7.91. The normalized spacial score (nSPS) is 17.9. The van der Waals surface area contributed by atoms with Crippen LogP contribution in [0.4, 0.5) is 4.79 Å². The molecule has 2 amide bonds. The van der Waals surface area contributed by atoms with Crippen molar-refractivity contribution in [1.82, 2.24) is 10.6 Å². The van der Waals surface area contributed by atoms with Gasteiger partial charge in [0.05, 0.1) is 36.5 Å². The van der Waals surface area contributed by atoms with Gasteiger partial charge in [0, 0.05) is 5.70 Å². The molecule has 1 aliphatic heterocycles. The number of rotatable bonds is 6. The van der Waals surface area contributed by atoms with Gasteiger partial charge in [-0.2, -0.15) is 0 Å². The zero-order chi connectivity index (χ0) is 24.5. The number of carbonyl (C=O) groups is 2. The smallest absolute Gasteiger partial charge is 0.338 e. The van der Waals surface area contributed by atoms with E-state index in [4.69, 9.17) is 9.47 Å². The van der Waals surface area contributed by atoms with Crippen LogP contribution in [0, 0.1) is 0 Å². The van der Waals surface area contributed by atoms with Crippen LogP contribution < -0.4 is 15.4 Å². The fourth-order valence-electron chi connectivity index (χ4n) is 4.38. The molecule has 4 rings (SSSR count). The molecule has 0 radical (unpaired) electrons. The SMILES string of the molecule is COC(=O)C1=C(CS(=O)(=O)c2ccc3c(c2)CCCC3)NC(=O)N[C@H]1c1ccc(O)c(OC)c1. The molecule has 10 heteroatoms. The number of hydrogen-bond acceptors (Lipinski definition) is 7. The number of methoxy groups -OCH3 is 2. The zero-order valence-corrected chi connectivity index (χ0v) is 19.7. The largest absolute Gasteiger partial charge is 0.504 e. The minimum Gasteiger partial charge on any atom is -0.504 e. The summed E-state index contributed by atoms with van der Waals surface area (Å²) in [5.74, 6) is -1.36. The van der Waals surface area contributed by atoms with Crippen molar-refractivity contribution in [3.63, 3.8) is 0 Å². The van der Waals surface area contributed by atoms with E-state index < -0.39 is 33.6 Å². The van der Waals surface area contributed by atoms with Gasteiger partial charge in [0.2, 0.25) is 0 Å². The van der Waals surface area contributed by atoms with Gasteiger partial charge in [-0.05, 0) is 66.6 Å². The molecule has 2 aliphatic rings. The molecule has 1 atom stereocenters. The standard InChI is InChI=1S/C24H26N2O7S/c1-32-20-12-16(8-10-19(20)27)22-21(23(28)33-2)18(25-24(29)26-22)13-34(30,31)17-9-7-14-5-3-4-6-15(14)11-17/h7-12,22,27H,3-6,13H2,1-2H3,(H2,25,26,29)/t22-/m0/s1. The topological polar surface area (TPSA) is 131 Å². The van der Waals surface area contributed by atoms with Crippen molar-refractivity contribution < 1.29 is 32.6 Å². The molecular weight excluding hydrogens is 460 g/mol. The van der Waals surface area contributed by atoms with Gasteiger partial charge in [0.1, 0.15) is 0 Å². The van der Waals surface area contributed by atoms with Gasteiger partial charge >= 0.3 is 12.0 Å². The molecule has 0 bridgehead atoms. The summed E-state index contributed by atoms with van der Waals surface area (Å²) in [7, 11) is -1.34. The van der Waals surface area contributed by atoms with Gasteiger partial charge in [-0.1, -0.05) is 12.1 Å². The second kappa shape index (κ2) is 9.38. The van der Waals surface area contributed by atoms with Crippen molar-refractivity contribution in [2.45, 2.75) is 36.6 Å². The van der Waals surface area contributed by atoms with Gasteiger partial charge in [0.15, 0.2) is 21.3 Å². The Bertz CT molecular complexity index is 1280. The van der Waals surface area contributed by atoms with Gasteiger partial charge < -0.3 is 25.2 Å². The molecule has 9 nitrogen and oxygen atoms in total. The van der Waals surface area contributed by atoms with Crippen LogP contribution in [-0.4, -0.2) is 45.5 Å². The van der Waals surface area contributed by atoms with Crippen molar-refractivity contribution in [2.75, 3.05) is 20.0 Å². The summed E-state index contributed by atoms with van der Waals surface area (Å²) in [5.41, 5.74) is 2.46. The Labute approximate surface area is 197 Å². The Kier molecular flexibility index (Phi) is 6.52. The van der Waals surface area contributed by atoms with Gasteiger partial charge in [0.25, 0.3) is 0 Å². The Morgan fingerprint density at radius 3 is 2.53 bits per heavy atom. The highest BCUT2D eigenvalue weighted by Gasteiger charge is 2.36. The molecule has 0 saturated carbocycles. The number of fused-ring (bicyclic) bond motifs is 1. The number of urea groups is 1. The van der Waals surface area contributed by atoms with E-state index in [1.807, 2.05) is 6.07 Å². The second-order valence-electron chi connectivity index (χ2n) is 8.24. The third kappa shape index (κ3) is 4.58. The van der Waals surface area contributed by atoms with E-state index in [1.165, 1.54) is 32.4 Å². The molecule has 1 heterocycles. The van der Waals surface area contributed by atoms with E-state index >= 15 is 0 Å². The van der Waals surface area contributed by atoms with Crippen molar-refractivity contribution in [2.24, 2.45) is 0 Å². The predicted octanol–water partition coefficient (Wildman–Crippen LogP) is 2.53. The highest BCUT2D eigenvalue weighted by atomic mass is 32.2. The minimum atomic E-state index is -3.89. The lowest BCUT2D eigenvalue weighted by Crippen LogP contribution is -2.47. The quantitative estimate of drug-likeness (QED) is 0.535. The van der Waals surface area contributed by atoms with E-state index in [9.17, 15) is 23.1 Å². The summed E-state index contributed by atoms with van der Waals surface area (Å²) in [5, 5.41) is 15.0. The number of phenolic OH excluding ortho intramolecular Hbond substituents is 1. The number of sulfone groups is 1. The number of hydrogen-bond donors (Lipinski definition) is 3. The Balaban J connectivity index is 1.77. The van der Waals surface area contributed by atoms with E-state index in [-0.39, 0.29) is 27.7 Å².